The molecule has 3 heteroatoms. The monoisotopic (exact) mass is 204 g/mol. The second-order valence-electron chi connectivity index (χ2n) is 4.98. The first-order valence-electron chi connectivity index (χ1n) is 5.79. The molecule has 15 heavy (non-hydrogen) atoms. The first-order chi connectivity index (χ1) is 7.21. The molecule has 0 saturated heterocycles. The van der Waals surface area contributed by atoms with Gasteiger partial charge in [0.2, 0.25) is 0 Å². The number of ketones is 1. The fourth-order valence-electron chi connectivity index (χ4n) is 3.19. The number of Topliss-reactive ketones (excluding diaryl/α,β-unsaturated/α-hetero) is 1. The van der Waals surface area contributed by atoms with Crippen LogP contribution < -0.4 is 0 Å². The Morgan fingerprint density at radius 2 is 2.07 bits per heavy atom. The molecule has 80 valence electrons. The van der Waals surface area contributed by atoms with Crippen molar-refractivity contribution in [2.45, 2.75) is 38.5 Å². The van der Waals surface area contributed by atoms with E-state index in [1.54, 1.807) is 4.68 Å². The Morgan fingerprint density at radius 1 is 1.33 bits per heavy atom. The summed E-state index contributed by atoms with van der Waals surface area (Å²) in [6.07, 6.45) is 8.55. The van der Waals surface area contributed by atoms with Crippen LogP contribution in [0.25, 0.3) is 0 Å². The highest BCUT2D eigenvalue weighted by atomic mass is 16.1. The van der Waals surface area contributed by atoms with Gasteiger partial charge < -0.3 is 0 Å². The average Bonchev–Trinajstić information content (AvgIpc) is 2.80. The third-order valence-corrected chi connectivity index (χ3v) is 4.03. The fourth-order valence-corrected chi connectivity index (χ4v) is 3.19. The summed E-state index contributed by atoms with van der Waals surface area (Å²) in [4.78, 5) is 12.4. The standard InChI is InChI=1S/C12H16N2O/c1-14-8-9-10(13-14)4-7-12(11(9)15)5-2-3-6-12/h8H,2-7H2,1H3. The Morgan fingerprint density at radius 3 is 2.80 bits per heavy atom. The number of aromatic nitrogens is 2. The zero-order chi connectivity index (χ0) is 10.5. The number of carbonyl (C=O) groups excluding carboxylic acids is 1. The minimum Gasteiger partial charge on any atom is -0.293 e. The van der Waals surface area contributed by atoms with Crippen LogP contribution in [0, 0.1) is 5.41 Å². The summed E-state index contributed by atoms with van der Waals surface area (Å²) in [6.45, 7) is 0. The van der Waals surface area contributed by atoms with E-state index in [9.17, 15) is 4.79 Å². The van der Waals surface area contributed by atoms with Crippen molar-refractivity contribution in [2.75, 3.05) is 0 Å². The van der Waals surface area contributed by atoms with Crippen molar-refractivity contribution in [2.24, 2.45) is 12.5 Å². The predicted molar refractivity (Wildman–Crippen MR) is 56.8 cm³/mol. The molecule has 0 aliphatic heterocycles. The van der Waals surface area contributed by atoms with Gasteiger partial charge in [0, 0.05) is 18.7 Å². The molecular weight excluding hydrogens is 188 g/mol. The van der Waals surface area contributed by atoms with Crippen molar-refractivity contribution in [1.29, 1.82) is 0 Å². The van der Waals surface area contributed by atoms with Crippen LogP contribution in [0.1, 0.15) is 48.2 Å². The smallest absolute Gasteiger partial charge is 0.172 e. The molecular formula is C12H16N2O. The summed E-state index contributed by atoms with van der Waals surface area (Å²) in [5, 5.41) is 4.35. The molecule has 1 spiro atoms. The summed E-state index contributed by atoms with van der Waals surface area (Å²) < 4.78 is 1.77. The molecule has 0 atom stereocenters. The molecule has 2 aliphatic carbocycles. The van der Waals surface area contributed by atoms with Gasteiger partial charge in [-0.1, -0.05) is 12.8 Å². The molecule has 0 radical (unpaired) electrons. The molecule has 0 aromatic carbocycles. The van der Waals surface area contributed by atoms with Crippen molar-refractivity contribution < 1.29 is 4.79 Å². The van der Waals surface area contributed by atoms with Crippen LogP contribution in [0.15, 0.2) is 6.20 Å². The quantitative estimate of drug-likeness (QED) is 0.648. The topological polar surface area (TPSA) is 34.9 Å². The van der Waals surface area contributed by atoms with Crippen molar-refractivity contribution in [1.82, 2.24) is 9.78 Å². The van der Waals surface area contributed by atoms with E-state index in [1.807, 2.05) is 13.2 Å². The SMILES string of the molecule is Cn1cc2c(n1)CCC1(CCCC1)C2=O. The summed E-state index contributed by atoms with van der Waals surface area (Å²) in [5.41, 5.74) is 1.90. The van der Waals surface area contributed by atoms with E-state index in [2.05, 4.69) is 5.10 Å². The first kappa shape index (κ1) is 9.13. The van der Waals surface area contributed by atoms with Crippen molar-refractivity contribution >= 4 is 5.78 Å². The summed E-state index contributed by atoms with van der Waals surface area (Å²) >= 11 is 0. The molecule has 2 aliphatic rings. The minimum atomic E-state index is -0.00394. The molecule has 1 heterocycles. The van der Waals surface area contributed by atoms with Crippen molar-refractivity contribution in [3.8, 4) is 0 Å². The maximum Gasteiger partial charge on any atom is 0.172 e. The molecule has 1 aromatic rings. The Kier molecular flexibility index (Phi) is 1.79. The molecule has 3 rings (SSSR count). The van der Waals surface area contributed by atoms with Crippen molar-refractivity contribution in [3.63, 3.8) is 0 Å². The molecule has 1 saturated carbocycles. The lowest BCUT2D eigenvalue weighted by Crippen LogP contribution is -2.33. The van der Waals surface area contributed by atoms with Gasteiger partial charge in [0.05, 0.1) is 11.3 Å². The van der Waals surface area contributed by atoms with E-state index in [4.69, 9.17) is 0 Å². The van der Waals surface area contributed by atoms with Gasteiger partial charge in [-0.15, -0.1) is 0 Å². The van der Waals surface area contributed by atoms with E-state index in [0.717, 1.165) is 36.9 Å². The third kappa shape index (κ3) is 1.18. The summed E-state index contributed by atoms with van der Waals surface area (Å²) in [6, 6.07) is 0. The molecule has 1 aromatic heterocycles. The predicted octanol–water partition coefficient (Wildman–Crippen LogP) is 2.11. The average molecular weight is 204 g/mol. The lowest BCUT2D eigenvalue weighted by molar-refractivity contribution is 0.0765. The number of rotatable bonds is 0. The van der Waals surface area contributed by atoms with Crippen LogP contribution in [0.5, 0.6) is 0 Å². The second-order valence-corrected chi connectivity index (χ2v) is 4.98. The Balaban J connectivity index is 2.05. The third-order valence-electron chi connectivity index (χ3n) is 4.03. The number of hydrogen-bond acceptors (Lipinski definition) is 2. The number of fused-ring (bicyclic) bond motifs is 1. The molecule has 0 unspecified atom stereocenters. The van der Waals surface area contributed by atoms with Gasteiger partial charge in [-0.2, -0.15) is 5.10 Å². The molecule has 0 amide bonds. The van der Waals surface area contributed by atoms with E-state index in [1.165, 1.54) is 12.8 Å². The summed E-state index contributed by atoms with van der Waals surface area (Å²) in [7, 11) is 1.90. The van der Waals surface area contributed by atoms with Gasteiger partial charge in [-0.05, 0) is 25.7 Å². The lowest BCUT2D eigenvalue weighted by Gasteiger charge is -2.30. The highest BCUT2D eigenvalue weighted by molar-refractivity contribution is 6.02. The van der Waals surface area contributed by atoms with Gasteiger partial charge in [-0.25, -0.2) is 0 Å². The number of carbonyl (C=O) groups is 1. The van der Waals surface area contributed by atoms with E-state index < -0.39 is 0 Å². The van der Waals surface area contributed by atoms with E-state index >= 15 is 0 Å². The lowest BCUT2D eigenvalue weighted by atomic mass is 9.71. The van der Waals surface area contributed by atoms with Crippen LogP contribution in [0.4, 0.5) is 0 Å². The van der Waals surface area contributed by atoms with E-state index in [-0.39, 0.29) is 5.41 Å². The van der Waals surface area contributed by atoms with E-state index in [0.29, 0.717) is 5.78 Å². The Bertz CT molecular complexity index is 413. The maximum absolute atomic E-state index is 12.4. The van der Waals surface area contributed by atoms with Crippen LogP contribution >= 0.6 is 0 Å². The second kappa shape index (κ2) is 2.94. The molecule has 3 nitrogen and oxygen atoms in total. The molecule has 0 bridgehead atoms. The first-order valence-corrected chi connectivity index (χ1v) is 5.79. The van der Waals surface area contributed by atoms with Gasteiger partial charge in [0.25, 0.3) is 0 Å². The zero-order valence-electron chi connectivity index (χ0n) is 9.12. The Labute approximate surface area is 89.5 Å². The summed E-state index contributed by atoms with van der Waals surface area (Å²) in [5.74, 6) is 0.370. The van der Waals surface area contributed by atoms with Crippen LogP contribution in [0.3, 0.4) is 0 Å². The number of nitrogens with zero attached hydrogens (tertiary/aromatic N) is 2. The largest absolute Gasteiger partial charge is 0.293 e. The highest BCUT2D eigenvalue weighted by Crippen LogP contribution is 2.47. The molecule has 0 N–H and O–H groups in total. The number of hydrogen-bond donors (Lipinski definition) is 0. The van der Waals surface area contributed by atoms with Crippen LogP contribution in [-0.4, -0.2) is 15.6 Å². The molecule has 1 fully saturated rings. The fraction of sp³-hybridized carbons (Fsp3) is 0.667. The minimum absolute atomic E-state index is 0.00394. The van der Waals surface area contributed by atoms with Crippen molar-refractivity contribution in [3.05, 3.63) is 17.5 Å². The van der Waals surface area contributed by atoms with Gasteiger partial charge in [-0.3, -0.25) is 9.48 Å². The van der Waals surface area contributed by atoms with Crippen LogP contribution in [0.2, 0.25) is 0 Å². The van der Waals surface area contributed by atoms with Gasteiger partial charge in [0.1, 0.15) is 0 Å². The van der Waals surface area contributed by atoms with Gasteiger partial charge >= 0.3 is 0 Å². The number of aryl methyl sites for hydroxylation is 2. The van der Waals surface area contributed by atoms with Gasteiger partial charge in [0.15, 0.2) is 5.78 Å². The van der Waals surface area contributed by atoms with Crippen LogP contribution in [-0.2, 0) is 13.5 Å². The Hall–Kier alpha value is -1.12. The zero-order valence-corrected chi connectivity index (χ0v) is 9.12. The maximum atomic E-state index is 12.4. The highest BCUT2D eigenvalue weighted by Gasteiger charge is 2.45. The normalized spacial score (nSPS) is 23.4.